The quantitative estimate of drug-likeness (QED) is 0.646. The number of hydrogen-bond donors (Lipinski definition) is 3. The van der Waals surface area contributed by atoms with Crippen molar-refractivity contribution in [3.8, 4) is 0 Å². The Morgan fingerprint density at radius 2 is 1.92 bits per heavy atom. The van der Waals surface area contributed by atoms with Crippen LogP contribution in [0.5, 0.6) is 0 Å². The summed E-state index contributed by atoms with van der Waals surface area (Å²) in [5.74, 6) is -0.640. The topological polar surface area (TPSA) is 90.5 Å². The van der Waals surface area contributed by atoms with E-state index in [0.29, 0.717) is 12.1 Å². The van der Waals surface area contributed by atoms with Gasteiger partial charge in [0, 0.05) is 24.2 Å². The number of hydrogen-bond acceptors (Lipinski definition) is 4. The van der Waals surface area contributed by atoms with Crippen LogP contribution in [-0.2, 0) is 9.59 Å². The van der Waals surface area contributed by atoms with E-state index in [1.165, 1.54) is 0 Å². The number of halogens is 1. The molecule has 1 aliphatic carbocycles. The zero-order valence-electron chi connectivity index (χ0n) is 15.0. The van der Waals surface area contributed by atoms with Crippen molar-refractivity contribution in [1.82, 2.24) is 20.9 Å². The molecule has 1 saturated carbocycles. The molecule has 2 aliphatic rings. The van der Waals surface area contributed by atoms with E-state index >= 15 is 0 Å². The molecular formula is C18H25ClN4O3. The number of fused-ring (bicyclic) bond motifs is 1. The molecule has 2 atom stereocenters. The van der Waals surface area contributed by atoms with Gasteiger partial charge in [0.15, 0.2) is 0 Å². The molecule has 26 heavy (non-hydrogen) atoms. The maximum atomic E-state index is 12.7. The van der Waals surface area contributed by atoms with Crippen LogP contribution in [0.4, 0.5) is 0 Å². The summed E-state index contributed by atoms with van der Waals surface area (Å²) in [7, 11) is 1.82. The van der Waals surface area contributed by atoms with Gasteiger partial charge in [0.1, 0.15) is 6.04 Å². The van der Waals surface area contributed by atoms with E-state index in [-0.39, 0.29) is 48.8 Å². The van der Waals surface area contributed by atoms with Gasteiger partial charge in [0.2, 0.25) is 11.8 Å². The van der Waals surface area contributed by atoms with Gasteiger partial charge in [-0.15, -0.1) is 12.4 Å². The first-order valence-corrected chi connectivity index (χ1v) is 8.66. The molecule has 1 fully saturated rings. The van der Waals surface area contributed by atoms with Gasteiger partial charge in [-0.3, -0.25) is 14.4 Å². The van der Waals surface area contributed by atoms with Crippen LogP contribution < -0.4 is 16.0 Å². The molecule has 0 bridgehead atoms. The standard InChI is InChI=1S/C18H24N4O3.ClH/c1-11(19-2)9-20-15(23)10-21-17(24)16-13-5-3-4-6-14(13)18(25)22(16)12-7-8-12;/h3-6,11-12,16,19H,7-10H2,1-2H3,(H,20,23)(H,21,24);1H. The maximum Gasteiger partial charge on any atom is 0.255 e. The molecule has 0 spiro atoms. The van der Waals surface area contributed by atoms with Crippen LogP contribution in [0.15, 0.2) is 24.3 Å². The van der Waals surface area contributed by atoms with Crippen LogP contribution in [-0.4, -0.2) is 54.8 Å². The highest BCUT2D eigenvalue weighted by atomic mass is 35.5. The fourth-order valence-corrected chi connectivity index (χ4v) is 3.03. The predicted molar refractivity (Wildman–Crippen MR) is 100 cm³/mol. The Morgan fingerprint density at radius 3 is 2.58 bits per heavy atom. The molecule has 1 heterocycles. The molecule has 0 aromatic heterocycles. The number of carbonyl (C=O) groups is 3. The Labute approximate surface area is 159 Å². The maximum absolute atomic E-state index is 12.7. The van der Waals surface area contributed by atoms with Crippen LogP contribution in [0.1, 0.15) is 41.7 Å². The predicted octanol–water partition coefficient (Wildman–Crippen LogP) is 0.608. The van der Waals surface area contributed by atoms with Gasteiger partial charge < -0.3 is 20.9 Å². The summed E-state index contributed by atoms with van der Waals surface area (Å²) in [4.78, 5) is 38.9. The minimum atomic E-state index is -0.639. The van der Waals surface area contributed by atoms with Crippen LogP contribution >= 0.6 is 12.4 Å². The van der Waals surface area contributed by atoms with E-state index < -0.39 is 6.04 Å². The molecule has 2 unspecified atom stereocenters. The normalized spacial score (nSPS) is 19.4. The molecule has 8 heteroatoms. The van der Waals surface area contributed by atoms with E-state index in [9.17, 15) is 14.4 Å². The Kier molecular flexibility index (Phi) is 6.61. The molecule has 142 valence electrons. The summed E-state index contributed by atoms with van der Waals surface area (Å²) in [6.45, 7) is 2.35. The molecule has 3 amide bonds. The number of rotatable bonds is 7. The highest BCUT2D eigenvalue weighted by Gasteiger charge is 2.47. The van der Waals surface area contributed by atoms with Gasteiger partial charge in [-0.2, -0.15) is 0 Å². The number of nitrogens with one attached hydrogen (secondary N) is 3. The number of likely N-dealkylation sites (N-methyl/N-ethyl adjacent to an activating group) is 1. The van der Waals surface area contributed by atoms with Crippen molar-refractivity contribution < 1.29 is 14.4 Å². The highest BCUT2D eigenvalue weighted by molar-refractivity contribution is 6.05. The molecular weight excluding hydrogens is 356 g/mol. The van der Waals surface area contributed by atoms with Crippen LogP contribution in [0.3, 0.4) is 0 Å². The van der Waals surface area contributed by atoms with Crippen molar-refractivity contribution in [2.45, 2.75) is 37.9 Å². The van der Waals surface area contributed by atoms with Crippen LogP contribution in [0.2, 0.25) is 0 Å². The second kappa shape index (κ2) is 8.51. The molecule has 3 rings (SSSR count). The fourth-order valence-electron chi connectivity index (χ4n) is 3.03. The smallest absolute Gasteiger partial charge is 0.255 e. The molecule has 1 aromatic rings. The van der Waals surface area contributed by atoms with Crippen LogP contribution in [0.25, 0.3) is 0 Å². The SMILES string of the molecule is CNC(C)CNC(=O)CNC(=O)C1c2ccccc2C(=O)N1C1CC1.Cl. The van der Waals surface area contributed by atoms with E-state index in [0.717, 1.165) is 18.4 Å². The lowest BCUT2D eigenvalue weighted by molar-refractivity contribution is -0.129. The van der Waals surface area contributed by atoms with Gasteiger partial charge in [-0.25, -0.2) is 0 Å². The highest BCUT2D eigenvalue weighted by Crippen LogP contribution is 2.41. The molecule has 0 saturated heterocycles. The molecule has 1 aromatic carbocycles. The van der Waals surface area contributed by atoms with Gasteiger partial charge in [-0.1, -0.05) is 18.2 Å². The van der Waals surface area contributed by atoms with Crippen molar-refractivity contribution in [3.63, 3.8) is 0 Å². The minimum absolute atomic E-state index is 0. The van der Waals surface area contributed by atoms with Crippen molar-refractivity contribution in [2.24, 2.45) is 0 Å². The third-order valence-corrected chi connectivity index (χ3v) is 4.71. The second-order valence-corrected chi connectivity index (χ2v) is 6.64. The summed E-state index contributed by atoms with van der Waals surface area (Å²) < 4.78 is 0. The molecule has 0 radical (unpaired) electrons. The van der Waals surface area contributed by atoms with Crippen molar-refractivity contribution in [1.29, 1.82) is 0 Å². The second-order valence-electron chi connectivity index (χ2n) is 6.64. The Balaban J connectivity index is 0.00000243. The Bertz CT molecular complexity index is 693. The average molecular weight is 381 g/mol. The van der Waals surface area contributed by atoms with E-state index in [1.807, 2.05) is 26.1 Å². The zero-order chi connectivity index (χ0) is 18.0. The Morgan fingerprint density at radius 1 is 1.23 bits per heavy atom. The lowest BCUT2D eigenvalue weighted by atomic mass is 10.0. The average Bonchev–Trinajstić information content (AvgIpc) is 3.42. The number of nitrogens with zero attached hydrogens (tertiary/aromatic N) is 1. The minimum Gasteiger partial charge on any atom is -0.353 e. The van der Waals surface area contributed by atoms with E-state index in [1.54, 1.807) is 17.0 Å². The summed E-state index contributed by atoms with van der Waals surface area (Å²) in [6, 6.07) is 6.85. The van der Waals surface area contributed by atoms with Gasteiger partial charge in [0.25, 0.3) is 5.91 Å². The van der Waals surface area contributed by atoms with Crippen molar-refractivity contribution in [3.05, 3.63) is 35.4 Å². The first-order chi connectivity index (χ1) is 12.0. The van der Waals surface area contributed by atoms with E-state index in [2.05, 4.69) is 16.0 Å². The largest absolute Gasteiger partial charge is 0.353 e. The summed E-state index contributed by atoms with van der Waals surface area (Å²) in [5, 5.41) is 8.46. The number of amides is 3. The first kappa shape index (κ1) is 20.2. The summed E-state index contributed by atoms with van der Waals surface area (Å²) in [6.07, 6.45) is 1.85. The van der Waals surface area contributed by atoms with Gasteiger partial charge in [0.05, 0.1) is 6.54 Å². The first-order valence-electron chi connectivity index (χ1n) is 8.66. The number of carbonyl (C=O) groups excluding carboxylic acids is 3. The van der Waals surface area contributed by atoms with Gasteiger partial charge in [-0.05, 0) is 38.4 Å². The fraction of sp³-hybridized carbons (Fsp3) is 0.500. The van der Waals surface area contributed by atoms with Crippen molar-refractivity contribution >= 4 is 30.1 Å². The monoisotopic (exact) mass is 380 g/mol. The molecule has 1 aliphatic heterocycles. The molecule has 3 N–H and O–H groups in total. The lowest BCUT2D eigenvalue weighted by Gasteiger charge is -2.24. The van der Waals surface area contributed by atoms with E-state index in [4.69, 9.17) is 0 Å². The number of benzene rings is 1. The zero-order valence-corrected chi connectivity index (χ0v) is 15.8. The molecule has 7 nitrogen and oxygen atoms in total. The summed E-state index contributed by atoms with van der Waals surface area (Å²) in [5.41, 5.74) is 1.31. The summed E-state index contributed by atoms with van der Waals surface area (Å²) >= 11 is 0. The third kappa shape index (κ3) is 4.16. The van der Waals surface area contributed by atoms with Crippen molar-refractivity contribution in [2.75, 3.05) is 20.1 Å². The lowest BCUT2D eigenvalue weighted by Crippen LogP contribution is -2.45. The van der Waals surface area contributed by atoms with Gasteiger partial charge >= 0.3 is 0 Å². The third-order valence-electron chi connectivity index (χ3n) is 4.71. The van der Waals surface area contributed by atoms with Crippen LogP contribution in [0, 0.1) is 0 Å². The Hall–Kier alpha value is -2.12.